The molecule has 3 rings (SSSR count). The molecule has 0 fully saturated rings. The molecule has 0 atom stereocenters. The fraction of sp³-hybridized carbons (Fsp3) is 0.391. The average molecular weight is 355 g/mol. The molecule has 0 aliphatic heterocycles. The van der Waals surface area contributed by atoms with Crippen LogP contribution in [0.1, 0.15) is 63.8 Å². The molecular weight excluding hydrogens is 324 g/mol. The van der Waals surface area contributed by atoms with E-state index in [0.29, 0.717) is 0 Å². The summed E-state index contributed by atoms with van der Waals surface area (Å²) in [6.07, 6.45) is 1.03. The molecule has 0 aromatic heterocycles. The van der Waals surface area contributed by atoms with Gasteiger partial charge >= 0.3 is 21.7 Å². The zero-order valence-corrected chi connectivity index (χ0v) is 18.2. The predicted molar refractivity (Wildman–Crippen MR) is 104 cm³/mol. The molecule has 2 aromatic rings. The van der Waals surface area contributed by atoms with Crippen LogP contribution in [-0.4, -0.2) is 0 Å². The van der Waals surface area contributed by atoms with E-state index in [0.717, 1.165) is 6.42 Å². The molecule has 1 aliphatic carbocycles. The van der Waals surface area contributed by atoms with Crippen molar-refractivity contribution < 1.29 is 21.7 Å². The Bertz CT molecular complexity index is 697. The fourth-order valence-corrected chi connectivity index (χ4v) is 3.01. The molecule has 0 unspecified atom stereocenters. The number of hydrogen-bond acceptors (Lipinski definition) is 0. The molecule has 1 aliphatic rings. The third-order valence-corrected chi connectivity index (χ3v) is 4.47. The van der Waals surface area contributed by atoms with Crippen molar-refractivity contribution in [1.82, 2.24) is 0 Å². The van der Waals surface area contributed by atoms with Crippen LogP contribution in [0.4, 0.5) is 0 Å². The number of benzene rings is 2. The minimum atomic E-state index is 0. The van der Waals surface area contributed by atoms with E-state index in [4.69, 9.17) is 0 Å². The van der Waals surface area contributed by atoms with Gasteiger partial charge in [-0.25, -0.2) is 0 Å². The van der Waals surface area contributed by atoms with Crippen LogP contribution >= 0.6 is 0 Å². The van der Waals surface area contributed by atoms with E-state index in [2.05, 4.69) is 77.9 Å². The van der Waals surface area contributed by atoms with Crippen LogP contribution < -0.4 is 0 Å². The van der Waals surface area contributed by atoms with Gasteiger partial charge < -0.3 is 14.9 Å². The molecule has 1 heteroatoms. The van der Waals surface area contributed by atoms with Crippen molar-refractivity contribution >= 4 is 0 Å². The third-order valence-electron chi connectivity index (χ3n) is 4.47. The summed E-state index contributed by atoms with van der Waals surface area (Å²) < 4.78 is 0. The maximum absolute atomic E-state index is 3.67. The number of fused-ring (bicyclic) bond motifs is 3. The summed E-state index contributed by atoms with van der Waals surface area (Å²) in [4.78, 5) is 0. The first-order valence-corrected chi connectivity index (χ1v) is 7.86. The van der Waals surface area contributed by atoms with Gasteiger partial charge in [0.25, 0.3) is 0 Å². The van der Waals surface area contributed by atoms with E-state index in [1.807, 2.05) is 0 Å². The van der Waals surface area contributed by atoms with Crippen molar-refractivity contribution in [2.45, 2.75) is 58.8 Å². The Morgan fingerprint density at radius 1 is 0.792 bits per heavy atom. The van der Waals surface area contributed by atoms with Crippen molar-refractivity contribution in [3.8, 4) is 11.1 Å². The molecule has 0 saturated heterocycles. The molecule has 0 N–H and O–H groups in total. The molecule has 0 saturated carbocycles. The van der Waals surface area contributed by atoms with Crippen LogP contribution in [0.3, 0.4) is 0 Å². The Hall–Kier alpha value is -0.846. The standard InChI is InChI=1S/C21H25.2CH3.Ti/c1-20(2,3)16-9-10-18-15(12-16)11-14-7-8-17(13-19(14)18)21(4,5)6;;;/h7-10,13H,11H2,1-6H3;2*1H3;/q3*-1;+3. The Balaban J connectivity index is 0.00000176. The monoisotopic (exact) mass is 355 g/mol. The Kier molecular flexibility index (Phi) is 7.32. The first-order chi connectivity index (χ1) is 9.66. The van der Waals surface area contributed by atoms with E-state index >= 15 is 0 Å². The summed E-state index contributed by atoms with van der Waals surface area (Å²) in [7, 11) is 0. The van der Waals surface area contributed by atoms with Crippen LogP contribution in [0.25, 0.3) is 11.1 Å². The topological polar surface area (TPSA) is 0 Å². The predicted octanol–water partition coefficient (Wildman–Crippen LogP) is 6.55. The second-order valence-corrected chi connectivity index (χ2v) is 8.31. The molecule has 0 nitrogen and oxygen atoms in total. The zero-order chi connectivity index (χ0) is 15.4. The van der Waals surface area contributed by atoms with E-state index in [1.54, 1.807) is 0 Å². The van der Waals surface area contributed by atoms with Gasteiger partial charge in [-0.2, -0.15) is 23.8 Å². The summed E-state index contributed by atoms with van der Waals surface area (Å²) in [5.74, 6) is 0. The smallest absolute Gasteiger partial charge is 0.358 e. The van der Waals surface area contributed by atoms with Crippen molar-refractivity contribution in [2.75, 3.05) is 0 Å². The molecule has 127 valence electrons. The molecule has 24 heavy (non-hydrogen) atoms. The summed E-state index contributed by atoms with van der Waals surface area (Å²) in [5, 5.41) is 0. The average Bonchev–Trinajstić information content (AvgIpc) is 2.73. The van der Waals surface area contributed by atoms with Gasteiger partial charge in [0.05, 0.1) is 0 Å². The van der Waals surface area contributed by atoms with Crippen LogP contribution in [-0.2, 0) is 39.0 Å². The Morgan fingerprint density at radius 3 is 1.96 bits per heavy atom. The van der Waals surface area contributed by atoms with Gasteiger partial charge in [0.2, 0.25) is 0 Å². The Morgan fingerprint density at radius 2 is 1.42 bits per heavy atom. The minimum absolute atomic E-state index is 0. The maximum Gasteiger partial charge on any atom is 3.00 e. The van der Waals surface area contributed by atoms with Crippen molar-refractivity contribution in [3.63, 3.8) is 0 Å². The van der Waals surface area contributed by atoms with Gasteiger partial charge in [-0.05, 0) is 22.8 Å². The quantitative estimate of drug-likeness (QED) is 0.317. The van der Waals surface area contributed by atoms with Gasteiger partial charge in [-0.3, -0.25) is 0 Å². The zero-order valence-electron chi connectivity index (χ0n) is 16.6. The van der Waals surface area contributed by atoms with Gasteiger partial charge in [0, 0.05) is 0 Å². The largest absolute Gasteiger partial charge is 3.00 e. The molecule has 0 heterocycles. The van der Waals surface area contributed by atoms with Gasteiger partial charge in [0.15, 0.2) is 0 Å². The maximum atomic E-state index is 3.67. The van der Waals surface area contributed by atoms with Crippen LogP contribution in [0.5, 0.6) is 0 Å². The Labute approximate surface area is 165 Å². The number of rotatable bonds is 0. The van der Waals surface area contributed by atoms with Crippen LogP contribution in [0, 0.1) is 20.9 Å². The van der Waals surface area contributed by atoms with Crippen molar-refractivity contribution in [2.24, 2.45) is 0 Å². The van der Waals surface area contributed by atoms with E-state index in [-0.39, 0.29) is 47.4 Å². The second kappa shape index (κ2) is 7.58. The minimum Gasteiger partial charge on any atom is -0.358 e. The summed E-state index contributed by atoms with van der Waals surface area (Å²) in [6.45, 7) is 13.6. The van der Waals surface area contributed by atoms with Crippen molar-refractivity contribution in [1.29, 1.82) is 0 Å². The fourth-order valence-electron chi connectivity index (χ4n) is 3.01. The van der Waals surface area contributed by atoms with Crippen molar-refractivity contribution in [3.05, 3.63) is 73.5 Å². The molecule has 2 aromatic carbocycles. The van der Waals surface area contributed by atoms with E-state index in [9.17, 15) is 0 Å². The first kappa shape index (κ1) is 23.2. The van der Waals surface area contributed by atoms with Crippen LogP contribution in [0.15, 0.2) is 30.3 Å². The molecule has 0 spiro atoms. The summed E-state index contributed by atoms with van der Waals surface area (Å²) in [6, 6.07) is 15.2. The summed E-state index contributed by atoms with van der Waals surface area (Å²) in [5.41, 5.74) is 8.69. The van der Waals surface area contributed by atoms with Gasteiger partial charge in [0.1, 0.15) is 0 Å². The first-order valence-electron chi connectivity index (χ1n) is 7.86. The molecule has 0 amide bonds. The molecule has 1 radical (unpaired) electrons. The van der Waals surface area contributed by atoms with E-state index < -0.39 is 0 Å². The molecule has 0 bridgehead atoms. The number of hydrogen-bond donors (Lipinski definition) is 0. The third kappa shape index (κ3) is 4.21. The second-order valence-electron chi connectivity index (χ2n) is 8.31. The SMILES string of the molecule is CC(C)(C)c1[c-]c2c(cc1)-c1cc(C(C)(C)C)ccc1C2.[CH3-].[CH3-].[Ti+3]. The van der Waals surface area contributed by atoms with Crippen LogP contribution in [0.2, 0.25) is 0 Å². The normalized spacial score (nSPS) is 12.2. The molecular formula is C23H31Ti. The van der Waals surface area contributed by atoms with Gasteiger partial charge in [-0.1, -0.05) is 70.9 Å². The van der Waals surface area contributed by atoms with Gasteiger partial charge in [-0.15, -0.1) is 11.1 Å². The van der Waals surface area contributed by atoms with E-state index in [1.165, 1.54) is 33.4 Å². The summed E-state index contributed by atoms with van der Waals surface area (Å²) >= 11 is 0.